The van der Waals surface area contributed by atoms with Crippen LogP contribution in [-0.4, -0.2) is 5.71 Å². The van der Waals surface area contributed by atoms with E-state index >= 15 is 0 Å². The van der Waals surface area contributed by atoms with Gasteiger partial charge >= 0.3 is 0 Å². The minimum absolute atomic E-state index is 0.288. The average molecular weight is 248 g/mol. The van der Waals surface area contributed by atoms with E-state index in [4.69, 9.17) is 0 Å². The number of hydrogen-bond donors (Lipinski definition) is 1. The summed E-state index contributed by atoms with van der Waals surface area (Å²) in [6, 6.07) is 4.84. The van der Waals surface area contributed by atoms with Crippen LogP contribution in [0.3, 0.4) is 0 Å². The third kappa shape index (κ3) is 2.08. The molecule has 0 aliphatic rings. The zero-order chi connectivity index (χ0) is 9.14. The summed E-state index contributed by atoms with van der Waals surface area (Å²) in [5.41, 5.74) is 1.44. The number of rotatable bonds is 1. The monoisotopic (exact) mass is 247 g/mol. The van der Waals surface area contributed by atoms with Crippen molar-refractivity contribution in [3.05, 3.63) is 34.1 Å². The molecule has 0 N–H and O–H groups in total. The molecule has 1 nitrogen and oxygen atoms in total. The van der Waals surface area contributed by atoms with E-state index in [1.165, 1.54) is 6.07 Å². The first-order chi connectivity index (χ1) is 5.65. The van der Waals surface area contributed by atoms with Crippen LogP contribution in [0.25, 0.3) is 0 Å². The topological polar surface area (TPSA) is 12.4 Å². The normalized spacial score (nSPS) is 11.8. The summed E-state index contributed by atoms with van der Waals surface area (Å²) in [4.78, 5) is 0. The summed E-state index contributed by atoms with van der Waals surface area (Å²) in [5, 5.41) is 0. The lowest BCUT2D eigenvalue weighted by atomic mass is 10.1. The zero-order valence-corrected chi connectivity index (χ0v) is 8.86. The second-order valence-electron chi connectivity index (χ2n) is 2.31. The van der Waals surface area contributed by atoms with E-state index in [0.29, 0.717) is 10.2 Å². The van der Waals surface area contributed by atoms with Gasteiger partial charge in [0, 0.05) is 0 Å². The van der Waals surface area contributed by atoms with E-state index in [2.05, 4.69) is 33.1 Å². The first kappa shape index (κ1) is 9.74. The molecule has 0 aliphatic heterocycles. The Labute approximate surface area is 84.4 Å². The number of nitrogens with zero attached hydrogens (tertiary/aromatic N) is 1. The molecule has 0 aromatic heterocycles. The number of thiol groups is 1. The van der Waals surface area contributed by atoms with Crippen molar-refractivity contribution < 1.29 is 4.39 Å². The predicted molar refractivity (Wildman–Crippen MR) is 55.3 cm³/mol. The molecule has 0 amide bonds. The predicted octanol–water partition coefficient (Wildman–Crippen LogP) is 3.24. The summed E-state index contributed by atoms with van der Waals surface area (Å²) >= 11 is 6.81. The molecule has 0 fully saturated rings. The van der Waals surface area contributed by atoms with Crippen molar-refractivity contribution >= 4 is 34.5 Å². The molecule has 0 saturated heterocycles. The number of hydrogen-bond acceptors (Lipinski definition) is 2. The Morgan fingerprint density at radius 3 is 2.75 bits per heavy atom. The van der Waals surface area contributed by atoms with Crippen LogP contribution in [0.15, 0.2) is 27.1 Å². The summed E-state index contributed by atoms with van der Waals surface area (Å²) in [7, 11) is 0. The Balaban J connectivity index is 3.13. The van der Waals surface area contributed by atoms with Crippen LogP contribution in [0, 0.1) is 5.82 Å². The van der Waals surface area contributed by atoms with E-state index in [9.17, 15) is 4.39 Å². The molecule has 0 unspecified atom stereocenters. The number of halogens is 2. The standard InChI is InChI=1S/C8H7BrFNS/c1-5(11-12)6-2-3-7(9)8(10)4-6/h2-4,12H,1H3. The summed E-state index contributed by atoms with van der Waals surface area (Å²) in [6.45, 7) is 1.77. The first-order valence-electron chi connectivity index (χ1n) is 3.29. The van der Waals surface area contributed by atoms with Crippen LogP contribution in [0.2, 0.25) is 0 Å². The van der Waals surface area contributed by atoms with Gasteiger partial charge in [-0.1, -0.05) is 6.07 Å². The molecular formula is C8H7BrFNS. The molecule has 0 saturated carbocycles. The summed E-state index contributed by atoms with van der Waals surface area (Å²) < 4.78 is 17.1. The second-order valence-corrected chi connectivity index (χ2v) is 3.37. The van der Waals surface area contributed by atoms with Crippen LogP contribution in [0.1, 0.15) is 12.5 Å². The first-order valence-corrected chi connectivity index (χ1v) is 4.48. The SMILES string of the molecule is CC(=NS)c1ccc(Br)c(F)c1. The number of benzene rings is 1. The Bertz CT molecular complexity index is 325. The molecule has 0 atom stereocenters. The van der Waals surface area contributed by atoms with Crippen molar-refractivity contribution in [1.29, 1.82) is 0 Å². The minimum atomic E-state index is -0.288. The lowest BCUT2D eigenvalue weighted by Gasteiger charge is -1.99. The van der Waals surface area contributed by atoms with Crippen LogP contribution in [0.4, 0.5) is 4.39 Å². The summed E-state index contributed by atoms with van der Waals surface area (Å²) in [6.07, 6.45) is 0. The largest absolute Gasteiger partial charge is 0.224 e. The Morgan fingerprint density at radius 1 is 1.58 bits per heavy atom. The molecule has 1 aromatic rings. The minimum Gasteiger partial charge on any atom is -0.224 e. The van der Waals surface area contributed by atoms with Gasteiger partial charge in [0.1, 0.15) is 5.82 Å². The zero-order valence-electron chi connectivity index (χ0n) is 6.38. The highest BCUT2D eigenvalue weighted by molar-refractivity contribution is 9.10. The van der Waals surface area contributed by atoms with Gasteiger partial charge in [0.2, 0.25) is 0 Å². The lowest BCUT2D eigenvalue weighted by Crippen LogP contribution is -1.93. The molecule has 0 radical (unpaired) electrons. The van der Waals surface area contributed by atoms with E-state index in [0.717, 1.165) is 5.56 Å². The summed E-state index contributed by atoms with van der Waals surface area (Å²) in [5.74, 6) is -0.288. The lowest BCUT2D eigenvalue weighted by molar-refractivity contribution is 0.621. The molecule has 0 heterocycles. The molecule has 4 heteroatoms. The smallest absolute Gasteiger partial charge is 0.138 e. The van der Waals surface area contributed by atoms with Crippen molar-refractivity contribution in [1.82, 2.24) is 0 Å². The highest BCUT2D eigenvalue weighted by atomic mass is 79.9. The van der Waals surface area contributed by atoms with Gasteiger partial charge in [-0.25, -0.2) is 8.79 Å². The fourth-order valence-corrected chi connectivity index (χ4v) is 1.14. The van der Waals surface area contributed by atoms with Gasteiger partial charge in [0.05, 0.1) is 10.2 Å². The molecular weight excluding hydrogens is 241 g/mol. The molecule has 1 aromatic carbocycles. The van der Waals surface area contributed by atoms with Crippen molar-refractivity contribution in [2.75, 3.05) is 0 Å². The molecule has 1 rings (SSSR count). The van der Waals surface area contributed by atoms with Crippen LogP contribution >= 0.6 is 28.7 Å². The Hall–Kier alpha value is -0.350. The fourth-order valence-electron chi connectivity index (χ4n) is 0.779. The van der Waals surface area contributed by atoms with Gasteiger partial charge < -0.3 is 0 Å². The second kappa shape index (κ2) is 4.05. The van der Waals surface area contributed by atoms with Crippen molar-refractivity contribution in [3.8, 4) is 0 Å². The molecule has 0 spiro atoms. The van der Waals surface area contributed by atoms with Crippen molar-refractivity contribution in [2.24, 2.45) is 4.40 Å². The Morgan fingerprint density at radius 2 is 2.25 bits per heavy atom. The van der Waals surface area contributed by atoms with Gasteiger partial charge in [0.15, 0.2) is 0 Å². The fraction of sp³-hybridized carbons (Fsp3) is 0.125. The van der Waals surface area contributed by atoms with E-state index < -0.39 is 0 Å². The van der Waals surface area contributed by atoms with Crippen molar-refractivity contribution in [2.45, 2.75) is 6.92 Å². The van der Waals surface area contributed by atoms with Crippen molar-refractivity contribution in [3.63, 3.8) is 0 Å². The highest BCUT2D eigenvalue weighted by Crippen LogP contribution is 2.16. The maximum Gasteiger partial charge on any atom is 0.138 e. The molecule has 64 valence electrons. The van der Waals surface area contributed by atoms with Crippen LogP contribution in [-0.2, 0) is 0 Å². The maximum atomic E-state index is 12.9. The van der Waals surface area contributed by atoms with Gasteiger partial charge in [-0.05, 0) is 53.4 Å². The Kier molecular flexibility index (Phi) is 3.29. The molecule has 12 heavy (non-hydrogen) atoms. The third-order valence-electron chi connectivity index (χ3n) is 1.49. The quantitative estimate of drug-likeness (QED) is 0.578. The van der Waals surface area contributed by atoms with Crippen LogP contribution in [0.5, 0.6) is 0 Å². The highest BCUT2D eigenvalue weighted by Gasteiger charge is 2.01. The van der Waals surface area contributed by atoms with Gasteiger partial charge in [0.25, 0.3) is 0 Å². The van der Waals surface area contributed by atoms with Crippen LogP contribution < -0.4 is 0 Å². The average Bonchev–Trinajstić information content (AvgIpc) is 2.08. The van der Waals surface area contributed by atoms with Gasteiger partial charge in [-0.3, -0.25) is 0 Å². The third-order valence-corrected chi connectivity index (χ3v) is 2.43. The van der Waals surface area contributed by atoms with Gasteiger partial charge in [-0.15, -0.1) is 0 Å². The molecule has 0 bridgehead atoms. The van der Waals surface area contributed by atoms with E-state index in [-0.39, 0.29) is 5.82 Å². The van der Waals surface area contributed by atoms with Gasteiger partial charge in [-0.2, -0.15) is 0 Å². The van der Waals surface area contributed by atoms with E-state index in [1.54, 1.807) is 19.1 Å². The molecule has 0 aliphatic carbocycles. The van der Waals surface area contributed by atoms with E-state index in [1.807, 2.05) is 0 Å². The maximum absolute atomic E-state index is 12.9.